The number of phosphoric acid groups is 1. The van der Waals surface area contributed by atoms with Crippen LogP contribution in [0.3, 0.4) is 0 Å². The van der Waals surface area contributed by atoms with E-state index in [-0.39, 0.29) is 26.1 Å². The molecule has 0 saturated carbocycles. The average molecular weight is 808 g/mol. The standard InChI is InChI=1S/C46H82NO8P/c1-4-6-8-10-12-14-16-18-20-21-22-23-25-27-29-31-33-35-37-39-46(49)55-44(43-54-56(50,51)53-41-40-47-3)42-52-45(48)38-36-34-32-30-28-26-24-19-17-15-13-11-9-7-5-2/h7,9,12-15,18-20,24,44,47H,4-6,8,10-11,16-17,21-23,25-43H2,1-3H3,(H,50,51)/b9-7-,14-12-,15-13-,20-18-,24-19-. The Kier molecular flexibility index (Phi) is 40.6. The van der Waals surface area contributed by atoms with Crippen molar-refractivity contribution in [2.45, 2.75) is 187 Å². The normalized spacial score (nSPS) is 13.9. The number of ether oxygens (including phenoxy) is 2. The second-order valence-corrected chi connectivity index (χ2v) is 15.9. The first-order valence-corrected chi connectivity index (χ1v) is 23.7. The fourth-order valence-corrected chi connectivity index (χ4v) is 6.52. The molecule has 0 aromatic rings. The summed E-state index contributed by atoms with van der Waals surface area (Å²) in [5, 5.41) is 2.82. The smallest absolute Gasteiger partial charge is 0.462 e. The summed E-state index contributed by atoms with van der Waals surface area (Å²) in [7, 11) is -2.66. The van der Waals surface area contributed by atoms with Crippen LogP contribution in [0, 0.1) is 0 Å². The van der Waals surface area contributed by atoms with Crippen molar-refractivity contribution in [3.63, 3.8) is 0 Å². The van der Waals surface area contributed by atoms with Crippen LogP contribution in [0.1, 0.15) is 181 Å². The molecule has 0 aliphatic rings. The molecule has 0 aromatic carbocycles. The largest absolute Gasteiger partial charge is 0.472 e. The molecule has 0 fully saturated rings. The molecular weight excluding hydrogens is 725 g/mol. The molecular formula is C46H82NO8P. The lowest BCUT2D eigenvalue weighted by Gasteiger charge is -2.20. The highest BCUT2D eigenvalue weighted by atomic mass is 31.2. The van der Waals surface area contributed by atoms with Crippen molar-refractivity contribution >= 4 is 19.8 Å². The summed E-state index contributed by atoms with van der Waals surface area (Å²) in [6.07, 6.45) is 48.3. The molecule has 2 atom stereocenters. The second-order valence-electron chi connectivity index (χ2n) is 14.5. The molecule has 0 heterocycles. The van der Waals surface area contributed by atoms with Crippen molar-refractivity contribution in [2.75, 3.05) is 33.4 Å². The Hall–Kier alpha value is -2.29. The fourth-order valence-electron chi connectivity index (χ4n) is 5.77. The highest BCUT2D eigenvalue weighted by molar-refractivity contribution is 7.47. The monoisotopic (exact) mass is 808 g/mol. The molecule has 56 heavy (non-hydrogen) atoms. The third-order valence-corrected chi connectivity index (χ3v) is 10.1. The molecule has 0 aliphatic carbocycles. The number of likely N-dealkylation sites (N-methyl/N-ethyl adjacent to an activating group) is 1. The third kappa shape index (κ3) is 41.3. The Labute approximate surface area is 342 Å². The summed E-state index contributed by atoms with van der Waals surface area (Å²) in [5.41, 5.74) is 0. The van der Waals surface area contributed by atoms with Crippen LogP contribution in [0.25, 0.3) is 0 Å². The number of rotatable bonds is 41. The van der Waals surface area contributed by atoms with E-state index < -0.39 is 32.5 Å². The molecule has 0 radical (unpaired) electrons. The number of carbonyl (C=O) groups is 2. The summed E-state index contributed by atoms with van der Waals surface area (Å²) in [6, 6.07) is 0. The van der Waals surface area contributed by atoms with Crippen LogP contribution >= 0.6 is 7.82 Å². The minimum Gasteiger partial charge on any atom is -0.462 e. The summed E-state index contributed by atoms with van der Waals surface area (Å²) < 4.78 is 33.2. The Balaban J connectivity index is 4.23. The van der Waals surface area contributed by atoms with Crippen molar-refractivity contribution < 1.29 is 37.6 Å². The number of hydrogen-bond acceptors (Lipinski definition) is 8. The molecule has 0 bridgehead atoms. The Morgan fingerprint density at radius 2 is 1.02 bits per heavy atom. The van der Waals surface area contributed by atoms with E-state index in [0.717, 1.165) is 83.5 Å². The quantitative estimate of drug-likeness (QED) is 0.0269. The lowest BCUT2D eigenvalue weighted by Crippen LogP contribution is -2.29. The van der Waals surface area contributed by atoms with Crippen molar-refractivity contribution in [1.82, 2.24) is 5.32 Å². The van der Waals surface area contributed by atoms with E-state index in [1.54, 1.807) is 7.05 Å². The van der Waals surface area contributed by atoms with E-state index in [1.165, 1.54) is 57.8 Å². The third-order valence-electron chi connectivity index (χ3n) is 9.12. The van der Waals surface area contributed by atoms with Gasteiger partial charge in [-0.1, -0.05) is 152 Å². The fraction of sp³-hybridized carbons (Fsp3) is 0.739. The maximum atomic E-state index is 12.6. The predicted octanol–water partition coefficient (Wildman–Crippen LogP) is 12.8. The number of unbranched alkanes of at least 4 members (excludes halogenated alkanes) is 17. The van der Waals surface area contributed by atoms with E-state index in [2.05, 4.69) is 79.9 Å². The van der Waals surface area contributed by atoms with Gasteiger partial charge in [-0.15, -0.1) is 0 Å². The van der Waals surface area contributed by atoms with E-state index in [9.17, 15) is 19.0 Å². The highest BCUT2D eigenvalue weighted by Crippen LogP contribution is 2.43. The van der Waals surface area contributed by atoms with Gasteiger partial charge in [0, 0.05) is 19.4 Å². The van der Waals surface area contributed by atoms with Gasteiger partial charge in [0.25, 0.3) is 0 Å². The molecule has 10 heteroatoms. The summed E-state index contributed by atoms with van der Waals surface area (Å²) in [6.45, 7) is 4.06. The number of allylic oxidation sites excluding steroid dienone is 10. The SMILES string of the molecule is CC/C=C\C/C=C\C/C=C\CCCCCCCC(=O)OCC(COP(=O)(O)OCCNC)OC(=O)CCCCCCCCCCC/C=C\C/C=C\CCCCC. The first-order chi connectivity index (χ1) is 27.3. The van der Waals surface area contributed by atoms with Gasteiger partial charge in [0.1, 0.15) is 6.61 Å². The van der Waals surface area contributed by atoms with Crippen LogP contribution in [0.4, 0.5) is 0 Å². The summed E-state index contributed by atoms with van der Waals surface area (Å²) >= 11 is 0. The van der Waals surface area contributed by atoms with Gasteiger partial charge in [-0.2, -0.15) is 0 Å². The zero-order valence-electron chi connectivity index (χ0n) is 35.8. The molecule has 0 aromatic heterocycles. The molecule has 324 valence electrons. The van der Waals surface area contributed by atoms with Crippen LogP contribution in [0.5, 0.6) is 0 Å². The van der Waals surface area contributed by atoms with Crippen LogP contribution in [0.15, 0.2) is 60.8 Å². The van der Waals surface area contributed by atoms with Crippen molar-refractivity contribution in [3.8, 4) is 0 Å². The number of carbonyl (C=O) groups excluding carboxylic acids is 2. The minimum absolute atomic E-state index is 0.0232. The topological polar surface area (TPSA) is 120 Å². The van der Waals surface area contributed by atoms with Gasteiger partial charge in [0.15, 0.2) is 6.10 Å². The van der Waals surface area contributed by atoms with Crippen LogP contribution < -0.4 is 5.32 Å². The second kappa shape index (κ2) is 42.3. The molecule has 0 amide bonds. The number of esters is 2. The molecule has 9 nitrogen and oxygen atoms in total. The van der Waals surface area contributed by atoms with Gasteiger partial charge in [-0.05, 0) is 84.1 Å². The minimum atomic E-state index is -4.36. The molecule has 0 rings (SSSR count). The zero-order chi connectivity index (χ0) is 41.1. The van der Waals surface area contributed by atoms with Crippen molar-refractivity contribution in [3.05, 3.63) is 60.8 Å². The van der Waals surface area contributed by atoms with Crippen molar-refractivity contribution in [1.29, 1.82) is 0 Å². The van der Waals surface area contributed by atoms with Gasteiger partial charge in [-0.3, -0.25) is 18.6 Å². The van der Waals surface area contributed by atoms with E-state index >= 15 is 0 Å². The van der Waals surface area contributed by atoms with Gasteiger partial charge in [-0.25, -0.2) is 4.57 Å². The summed E-state index contributed by atoms with van der Waals surface area (Å²) in [5.74, 6) is -0.834. The first-order valence-electron chi connectivity index (χ1n) is 22.2. The Morgan fingerprint density at radius 1 is 0.571 bits per heavy atom. The molecule has 2 unspecified atom stereocenters. The number of nitrogens with one attached hydrogen (secondary N) is 1. The Morgan fingerprint density at radius 3 is 1.52 bits per heavy atom. The lowest BCUT2D eigenvalue weighted by molar-refractivity contribution is -0.161. The highest BCUT2D eigenvalue weighted by Gasteiger charge is 2.26. The summed E-state index contributed by atoms with van der Waals surface area (Å²) in [4.78, 5) is 35.1. The first kappa shape index (κ1) is 53.7. The van der Waals surface area contributed by atoms with E-state index in [0.29, 0.717) is 19.4 Å². The number of phosphoric ester groups is 1. The van der Waals surface area contributed by atoms with Gasteiger partial charge in [0.05, 0.1) is 13.2 Å². The number of hydrogen-bond donors (Lipinski definition) is 2. The van der Waals surface area contributed by atoms with E-state index in [4.69, 9.17) is 18.5 Å². The lowest BCUT2D eigenvalue weighted by atomic mass is 10.1. The van der Waals surface area contributed by atoms with Gasteiger partial charge in [0.2, 0.25) is 0 Å². The van der Waals surface area contributed by atoms with Gasteiger partial charge < -0.3 is 19.7 Å². The molecule has 0 spiro atoms. The van der Waals surface area contributed by atoms with Gasteiger partial charge >= 0.3 is 19.8 Å². The Bertz CT molecular complexity index is 1100. The molecule has 0 saturated heterocycles. The maximum absolute atomic E-state index is 12.6. The van der Waals surface area contributed by atoms with Crippen LogP contribution in [-0.2, 0) is 32.7 Å². The van der Waals surface area contributed by atoms with E-state index in [1.807, 2.05) is 0 Å². The van der Waals surface area contributed by atoms with Crippen molar-refractivity contribution in [2.24, 2.45) is 0 Å². The van der Waals surface area contributed by atoms with Crippen LogP contribution in [0.2, 0.25) is 0 Å². The predicted molar refractivity (Wildman–Crippen MR) is 234 cm³/mol. The average Bonchev–Trinajstić information content (AvgIpc) is 3.18. The van der Waals surface area contributed by atoms with Crippen LogP contribution in [-0.4, -0.2) is 56.3 Å². The maximum Gasteiger partial charge on any atom is 0.472 e. The zero-order valence-corrected chi connectivity index (χ0v) is 36.7. The molecule has 2 N–H and O–H groups in total. The molecule has 0 aliphatic heterocycles.